The molecule has 1 N–H and O–H groups in total. The maximum atomic E-state index is 5.40. The Labute approximate surface area is 153 Å². The highest BCUT2D eigenvalue weighted by Crippen LogP contribution is 2.27. The third-order valence-corrected chi connectivity index (χ3v) is 4.12. The number of rotatable bonds is 8. The maximum Gasteiger partial charge on any atom is 0.243 e. The van der Waals surface area contributed by atoms with Crippen LogP contribution in [0.2, 0.25) is 0 Å². The van der Waals surface area contributed by atoms with Crippen LogP contribution in [0.5, 0.6) is 11.5 Å². The predicted molar refractivity (Wildman–Crippen MR) is 98.3 cm³/mol. The summed E-state index contributed by atoms with van der Waals surface area (Å²) in [5.74, 6) is 2.69. The number of hydrogen-bond donors (Lipinski definition) is 1. The summed E-state index contributed by atoms with van der Waals surface area (Å²) in [6.07, 6.45) is 0.659. The highest BCUT2D eigenvalue weighted by Gasteiger charge is 2.14. The van der Waals surface area contributed by atoms with Crippen LogP contribution in [0.4, 0.5) is 0 Å². The largest absolute Gasteiger partial charge is 0.493 e. The first kappa shape index (κ1) is 17.9. The van der Waals surface area contributed by atoms with Gasteiger partial charge in [0.05, 0.1) is 20.3 Å². The zero-order valence-corrected chi connectivity index (χ0v) is 15.2. The van der Waals surface area contributed by atoms with Gasteiger partial charge < -0.3 is 19.3 Å². The minimum absolute atomic E-state index is 0.0554. The lowest BCUT2D eigenvalue weighted by molar-refractivity contribution is 0.335. The van der Waals surface area contributed by atoms with E-state index in [1.165, 1.54) is 0 Å². The number of nitrogens with zero attached hydrogens (tertiary/aromatic N) is 2. The van der Waals surface area contributed by atoms with Crippen LogP contribution in [-0.2, 0) is 13.0 Å². The van der Waals surface area contributed by atoms with Gasteiger partial charge in [0.15, 0.2) is 17.3 Å². The molecule has 26 heavy (non-hydrogen) atoms. The summed E-state index contributed by atoms with van der Waals surface area (Å²) in [5.41, 5.74) is 2.24. The van der Waals surface area contributed by atoms with Crippen molar-refractivity contribution in [2.75, 3.05) is 14.2 Å². The second kappa shape index (κ2) is 8.49. The van der Waals surface area contributed by atoms with Gasteiger partial charge >= 0.3 is 0 Å². The van der Waals surface area contributed by atoms with Crippen LogP contribution in [0.3, 0.4) is 0 Å². The normalized spacial score (nSPS) is 12.0. The van der Waals surface area contributed by atoms with Crippen molar-refractivity contribution in [3.05, 3.63) is 71.4 Å². The Kier molecular flexibility index (Phi) is 5.86. The summed E-state index contributed by atoms with van der Waals surface area (Å²) in [7, 11) is 3.25. The number of hydrogen-bond acceptors (Lipinski definition) is 6. The van der Waals surface area contributed by atoms with Gasteiger partial charge in [-0.25, -0.2) is 0 Å². The lowest BCUT2D eigenvalue weighted by Gasteiger charge is -2.12. The number of nitrogens with one attached hydrogen (secondary N) is 1. The van der Waals surface area contributed by atoms with E-state index < -0.39 is 0 Å². The Morgan fingerprint density at radius 2 is 1.77 bits per heavy atom. The minimum atomic E-state index is -0.0554. The molecule has 0 bridgehead atoms. The van der Waals surface area contributed by atoms with E-state index in [4.69, 9.17) is 14.0 Å². The molecule has 1 heterocycles. The van der Waals surface area contributed by atoms with E-state index in [9.17, 15) is 0 Å². The third-order valence-electron chi connectivity index (χ3n) is 4.12. The van der Waals surface area contributed by atoms with E-state index in [1.54, 1.807) is 14.2 Å². The van der Waals surface area contributed by atoms with Gasteiger partial charge in [0.25, 0.3) is 0 Å². The van der Waals surface area contributed by atoms with Crippen LogP contribution < -0.4 is 14.8 Å². The summed E-state index contributed by atoms with van der Waals surface area (Å²) in [5, 5.41) is 7.46. The molecule has 0 radical (unpaired) electrons. The van der Waals surface area contributed by atoms with Crippen molar-refractivity contribution >= 4 is 0 Å². The van der Waals surface area contributed by atoms with Crippen LogP contribution in [0.15, 0.2) is 53.1 Å². The van der Waals surface area contributed by atoms with Crippen molar-refractivity contribution in [2.24, 2.45) is 0 Å². The molecule has 3 rings (SSSR count). The monoisotopic (exact) mass is 353 g/mol. The molecule has 136 valence electrons. The fraction of sp³-hybridized carbons (Fsp3) is 0.300. The summed E-state index contributed by atoms with van der Waals surface area (Å²) in [6.45, 7) is 2.65. The average molecular weight is 353 g/mol. The molecule has 0 saturated heterocycles. The second-order valence-electron chi connectivity index (χ2n) is 6.00. The van der Waals surface area contributed by atoms with Crippen molar-refractivity contribution in [2.45, 2.75) is 25.9 Å². The molecule has 6 nitrogen and oxygen atoms in total. The van der Waals surface area contributed by atoms with Gasteiger partial charge in [-0.15, -0.1) is 0 Å². The van der Waals surface area contributed by atoms with Crippen LogP contribution in [0, 0.1) is 0 Å². The van der Waals surface area contributed by atoms with Crippen LogP contribution in [0.1, 0.15) is 35.8 Å². The van der Waals surface area contributed by atoms with E-state index in [-0.39, 0.29) is 6.04 Å². The van der Waals surface area contributed by atoms with E-state index >= 15 is 0 Å². The molecule has 3 aromatic rings. The van der Waals surface area contributed by atoms with E-state index in [2.05, 4.69) is 27.6 Å². The van der Waals surface area contributed by atoms with Gasteiger partial charge in [0.2, 0.25) is 5.89 Å². The van der Waals surface area contributed by atoms with Gasteiger partial charge in [0.1, 0.15) is 0 Å². The summed E-state index contributed by atoms with van der Waals surface area (Å²) in [6, 6.07) is 15.9. The van der Waals surface area contributed by atoms with Crippen LogP contribution >= 0.6 is 0 Å². The first-order chi connectivity index (χ1) is 12.7. The lowest BCUT2D eigenvalue weighted by Crippen LogP contribution is -2.18. The number of aromatic nitrogens is 2. The van der Waals surface area contributed by atoms with Gasteiger partial charge in [-0.05, 0) is 30.2 Å². The van der Waals surface area contributed by atoms with E-state index in [0.717, 1.165) is 11.1 Å². The van der Waals surface area contributed by atoms with Crippen LogP contribution in [0.25, 0.3) is 0 Å². The summed E-state index contributed by atoms with van der Waals surface area (Å²) in [4.78, 5) is 4.49. The summed E-state index contributed by atoms with van der Waals surface area (Å²) < 4.78 is 16.0. The molecular formula is C20H23N3O3. The topological polar surface area (TPSA) is 69.4 Å². The average Bonchev–Trinajstić information content (AvgIpc) is 3.15. The minimum Gasteiger partial charge on any atom is -0.493 e. The van der Waals surface area contributed by atoms with Gasteiger partial charge in [-0.3, -0.25) is 0 Å². The Bertz CT molecular complexity index is 833. The molecule has 0 aliphatic heterocycles. The molecule has 2 aromatic carbocycles. The molecule has 0 saturated carbocycles. The van der Waals surface area contributed by atoms with Gasteiger partial charge in [-0.2, -0.15) is 4.98 Å². The Hall–Kier alpha value is -2.86. The van der Waals surface area contributed by atoms with E-state index in [1.807, 2.05) is 43.3 Å². The lowest BCUT2D eigenvalue weighted by atomic mass is 10.1. The van der Waals surface area contributed by atoms with E-state index in [0.29, 0.717) is 36.2 Å². The second-order valence-corrected chi connectivity index (χ2v) is 6.00. The Morgan fingerprint density at radius 3 is 2.50 bits per heavy atom. The fourth-order valence-electron chi connectivity index (χ4n) is 2.64. The zero-order valence-electron chi connectivity index (χ0n) is 15.2. The zero-order chi connectivity index (χ0) is 18.4. The molecule has 1 unspecified atom stereocenters. The van der Waals surface area contributed by atoms with Crippen molar-refractivity contribution in [1.82, 2.24) is 15.5 Å². The maximum absolute atomic E-state index is 5.40. The molecule has 0 aliphatic carbocycles. The molecule has 0 aliphatic rings. The number of benzene rings is 2. The number of methoxy groups -OCH3 is 2. The smallest absolute Gasteiger partial charge is 0.243 e. The van der Waals surface area contributed by atoms with Crippen molar-refractivity contribution < 1.29 is 14.0 Å². The molecule has 0 amide bonds. The molecule has 1 atom stereocenters. The molecule has 0 spiro atoms. The quantitative estimate of drug-likeness (QED) is 0.668. The standard InChI is InChI=1S/C20H23N3O3/c1-14(21-13-16-9-10-17(24-2)18(11-16)25-3)20-22-19(23-26-20)12-15-7-5-4-6-8-15/h4-11,14,21H,12-13H2,1-3H3. The number of ether oxygens (including phenoxy) is 2. The van der Waals surface area contributed by atoms with Gasteiger partial charge in [0, 0.05) is 13.0 Å². The highest BCUT2D eigenvalue weighted by molar-refractivity contribution is 5.42. The van der Waals surface area contributed by atoms with Gasteiger partial charge in [-0.1, -0.05) is 41.6 Å². The predicted octanol–water partition coefficient (Wildman–Crippen LogP) is 3.53. The van der Waals surface area contributed by atoms with Crippen molar-refractivity contribution in [3.8, 4) is 11.5 Å². The fourth-order valence-corrected chi connectivity index (χ4v) is 2.64. The SMILES string of the molecule is COc1ccc(CNC(C)c2nc(Cc3ccccc3)no2)cc1OC. The first-order valence-electron chi connectivity index (χ1n) is 8.50. The highest BCUT2D eigenvalue weighted by atomic mass is 16.5. The van der Waals surface area contributed by atoms with Crippen molar-refractivity contribution in [1.29, 1.82) is 0 Å². The Balaban J connectivity index is 1.59. The van der Waals surface area contributed by atoms with Crippen LogP contribution in [-0.4, -0.2) is 24.4 Å². The third kappa shape index (κ3) is 4.40. The Morgan fingerprint density at radius 1 is 1.00 bits per heavy atom. The van der Waals surface area contributed by atoms with Crippen molar-refractivity contribution in [3.63, 3.8) is 0 Å². The summed E-state index contributed by atoms with van der Waals surface area (Å²) >= 11 is 0. The molecule has 6 heteroatoms. The molecule has 1 aromatic heterocycles. The first-order valence-corrected chi connectivity index (χ1v) is 8.50. The molecular weight excluding hydrogens is 330 g/mol. The molecule has 0 fully saturated rings.